The van der Waals surface area contributed by atoms with E-state index >= 15 is 0 Å². The van der Waals surface area contributed by atoms with Gasteiger partial charge in [0, 0.05) is 24.8 Å². The molecule has 1 amide bonds. The van der Waals surface area contributed by atoms with Crippen LogP contribution in [0, 0.1) is 17.0 Å². The van der Waals surface area contributed by atoms with E-state index in [0.29, 0.717) is 37.6 Å². The Morgan fingerprint density at radius 3 is 2.49 bits per heavy atom. The van der Waals surface area contributed by atoms with Gasteiger partial charge in [0.05, 0.1) is 17.5 Å². The molecule has 1 aromatic heterocycles. The minimum atomic E-state index is -1.08. The molecule has 0 fully saturated rings. The molecule has 0 aliphatic heterocycles. The van der Waals surface area contributed by atoms with Gasteiger partial charge in [-0.1, -0.05) is 51.1 Å². The number of hydrogen-bond donors (Lipinski definition) is 3. The summed E-state index contributed by atoms with van der Waals surface area (Å²) in [7, 11) is 0. The molecule has 0 aliphatic carbocycles. The zero-order chi connectivity index (χ0) is 30.2. The third-order valence-corrected chi connectivity index (χ3v) is 7.60. The number of carboxylic acid groups (broad SMARTS) is 1. The Morgan fingerprint density at radius 1 is 1.15 bits per heavy atom. The summed E-state index contributed by atoms with van der Waals surface area (Å²) in [4.78, 5) is 31.3. The molecule has 0 radical (unpaired) electrons. The molecular weight excluding hydrogens is 548 g/mol. The van der Waals surface area contributed by atoms with E-state index in [4.69, 9.17) is 21.6 Å². The third kappa shape index (κ3) is 8.85. The van der Waals surface area contributed by atoms with Gasteiger partial charge in [-0.25, -0.2) is 13.8 Å². The van der Waals surface area contributed by atoms with E-state index in [1.54, 1.807) is 11.1 Å². The van der Waals surface area contributed by atoms with E-state index in [2.05, 4.69) is 0 Å². The minimum absolute atomic E-state index is 0.0379. The Hall–Kier alpha value is -3.28. The zero-order valence-corrected chi connectivity index (χ0v) is 24.5. The summed E-state index contributed by atoms with van der Waals surface area (Å²) in [6, 6.07) is 11.4. The molecule has 3 rings (SSSR count). The number of hydrogen-bond acceptors (Lipinski definition) is 6. The maximum absolute atomic E-state index is 14.8. The maximum atomic E-state index is 14.8. The van der Waals surface area contributed by atoms with Crippen LogP contribution in [0.25, 0.3) is 11.3 Å². The lowest BCUT2D eigenvalue weighted by molar-refractivity contribution is -0.138. The van der Waals surface area contributed by atoms with Crippen LogP contribution in [0.5, 0.6) is 0 Å². The van der Waals surface area contributed by atoms with E-state index in [1.165, 1.54) is 11.8 Å². The van der Waals surface area contributed by atoms with Crippen molar-refractivity contribution in [2.24, 2.45) is 16.9 Å². The molecule has 0 bridgehead atoms. The first-order valence-corrected chi connectivity index (χ1v) is 14.7. The molecule has 0 spiro atoms. The van der Waals surface area contributed by atoms with Gasteiger partial charge < -0.3 is 26.0 Å². The number of aliphatic carboxylic acids is 1. The van der Waals surface area contributed by atoms with Gasteiger partial charge in [0.1, 0.15) is 23.5 Å². The monoisotopic (exact) mass is 587 g/mol. The molecule has 2 atom stereocenters. The number of amides is 1. The summed E-state index contributed by atoms with van der Waals surface area (Å²) in [5, 5.41) is 9.04. The van der Waals surface area contributed by atoms with Crippen molar-refractivity contribution in [1.82, 2.24) is 14.5 Å². The van der Waals surface area contributed by atoms with Crippen LogP contribution in [-0.4, -0.2) is 62.1 Å². The lowest BCUT2D eigenvalue weighted by Gasteiger charge is -2.40. The predicted octanol–water partition coefficient (Wildman–Crippen LogP) is 4.68. The first-order valence-electron chi connectivity index (χ1n) is 13.5. The molecule has 0 saturated carbocycles. The SMILES string of the molecule is CC(C)(C)[C@H](c1nc(-c2cc(F)ccc2F)cn1Cc1ccccc1)N(CCCN)C(=O)CSCC[C@H](N)C(=O)O. The highest BCUT2D eigenvalue weighted by atomic mass is 32.2. The van der Waals surface area contributed by atoms with Crippen molar-refractivity contribution in [2.75, 3.05) is 24.6 Å². The van der Waals surface area contributed by atoms with Crippen molar-refractivity contribution in [3.05, 3.63) is 77.8 Å². The first kappa shape index (κ1) is 32.2. The number of carbonyl (C=O) groups excluding carboxylic acids is 1. The molecule has 3 aromatic rings. The lowest BCUT2D eigenvalue weighted by Crippen LogP contribution is -2.44. The van der Waals surface area contributed by atoms with E-state index in [1.807, 2.05) is 55.7 Å². The van der Waals surface area contributed by atoms with Gasteiger partial charge in [0.15, 0.2) is 0 Å². The van der Waals surface area contributed by atoms with Crippen molar-refractivity contribution in [2.45, 2.75) is 52.2 Å². The summed E-state index contributed by atoms with van der Waals surface area (Å²) in [6.07, 6.45) is 2.49. The number of benzene rings is 2. The van der Waals surface area contributed by atoms with Crippen LogP contribution in [0.1, 0.15) is 51.0 Å². The Morgan fingerprint density at radius 2 is 1.85 bits per heavy atom. The molecule has 8 nitrogen and oxygen atoms in total. The van der Waals surface area contributed by atoms with E-state index in [0.717, 1.165) is 23.8 Å². The summed E-state index contributed by atoms with van der Waals surface area (Å²) in [5.74, 6) is -1.33. The van der Waals surface area contributed by atoms with Crippen LogP contribution in [0.4, 0.5) is 8.78 Å². The Kier molecular flexibility index (Phi) is 11.5. The zero-order valence-electron chi connectivity index (χ0n) is 23.7. The quantitative estimate of drug-likeness (QED) is 0.234. The number of imidazole rings is 1. The van der Waals surface area contributed by atoms with Gasteiger partial charge in [-0.05, 0) is 54.3 Å². The first-order chi connectivity index (χ1) is 19.4. The van der Waals surface area contributed by atoms with Gasteiger partial charge in [-0.3, -0.25) is 9.59 Å². The molecule has 0 unspecified atom stereocenters. The number of aromatic nitrogens is 2. The van der Waals surface area contributed by atoms with Gasteiger partial charge >= 0.3 is 5.97 Å². The van der Waals surface area contributed by atoms with Crippen molar-refractivity contribution in [3.63, 3.8) is 0 Å². The fraction of sp³-hybridized carbons (Fsp3) is 0.433. The average Bonchev–Trinajstić information content (AvgIpc) is 3.32. The molecular formula is C30H39F2N5O3S. The largest absolute Gasteiger partial charge is 0.480 e. The van der Waals surface area contributed by atoms with E-state index in [9.17, 15) is 18.4 Å². The average molecular weight is 588 g/mol. The van der Waals surface area contributed by atoms with Crippen LogP contribution in [0.3, 0.4) is 0 Å². The number of halogens is 2. The van der Waals surface area contributed by atoms with Crippen molar-refractivity contribution in [1.29, 1.82) is 0 Å². The Bertz CT molecular complexity index is 1310. The number of rotatable bonds is 14. The molecule has 11 heteroatoms. The number of nitrogens with zero attached hydrogens (tertiary/aromatic N) is 3. The van der Waals surface area contributed by atoms with Gasteiger partial charge in [0.2, 0.25) is 5.91 Å². The normalized spacial score (nSPS) is 13.1. The second kappa shape index (κ2) is 14.6. The summed E-state index contributed by atoms with van der Waals surface area (Å²) >= 11 is 1.32. The summed E-state index contributed by atoms with van der Waals surface area (Å²) in [6.45, 7) is 7.16. The fourth-order valence-electron chi connectivity index (χ4n) is 4.61. The van der Waals surface area contributed by atoms with Gasteiger partial charge in [-0.2, -0.15) is 11.8 Å². The summed E-state index contributed by atoms with van der Waals surface area (Å²) in [5.41, 5.74) is 12.2. The van der Waals surface area contributed by atoms with Gasteiger partial charge in [0.25, 0.3) is 0 Å². The van der Waals surface area contributed by atoms with Gasteiger partial charge in [-0.15, -0.1) is 0 Å². The molecule has 1 heterocycles. The number of thioether (sulfide) groups is 1. The number of carboxylic acids is 1. The maximum Gasteiger partial charge on any atom is 0.320 e. The van der Waals surface area contributed by atoms with Crippen molar-refractivity contribution in [3.8, 4) is 11.3 Å². The summed E-state index contributed by atoms with van der Waals surface area (Å²) < 4.78 is 30.9. The van der Waals surface area contributed by atoms with Crippen molar-refractivity contribution < 1.29 is 23.5 Å². The number of carbonyl (C=O) groups is 2. The molecule has 222 valence electrons. The second-order valence-corrected chi connectivity index (χ2v) is 12.1. The van der Waals surface area contributed by atoms with Crippen LogP contribution < -0.4 is 11.5 Å². The predicted molar refractivity (Wildman–Crippen MR) is 158 cm³/mol. The van der Waals surface area contributed by atoms with Crippen LogP contribution in [-0.2, 0) is 16.1 Å². The second-order valence-electron chi connectivity index (χ2n) is 11.0. The van der Waals surface area contributed by atoms with Crippen molar-refractivity contribution >= 4 is 23.6 Å². The molecule has 5 N–H and O–H groups in total. The molecule has 0 saturated heterocycles. The molecule has 0 aliphatic rings. The minimum Gasteiger partial charge on any atom is -0.480 e. The fourth-order valence-corrected chi connectivity index (χ4v) is 5.51. The van der Waals surface area contributed by atoms with E-state index in [-0.39, 0.29) is 29.3 Å². The van der Waals surface area contributed by atoms with E-state index < -0.39 is 35.1 Å². The highest BCUT2D eigenvalue weighted by molar-refractivity contribution is 7.99. The molecule has 2 aromatic carbocycles. The smallest absolute Gasteiger partial charge is 0.320 e. The molecule has 41 heavy (non-hydrogen) atoms. The highest BCUT2D eigenvalue weighted by Crippen LogP contribution is 2.39. The topological polar surface area (TPSA) is 127 Å². The number of nitrogens with two attached hydrogens (primary N) is 2. The standard InChI is InChI=1S/C30H39F2N5O3S/c1-30(2,3)27(37(14-7-13-33)26(38)19-41-15-12-24(34)29(39)40)28-35-25(22-16-21(31)10-11-23(22)32)18-36(28)17-20-8-5-4-6-9-20/h4-6,8-11,16,18,24,27H,7,12-15,17,19,33-34H2,1-3H3,(H,39,40)/t24-,27-/m0/s1. The van der Waals surface area contributed by atoms with Crippen LogP contribution in [0.15, 0.2) is 54.7 Å². The van der Waals surface area contributed by atoms with Crippen LogP contribution in [0.2, 0.25) is 0 Å². The Balaban J connectivity index is 2.05. The highest BCUT2D eigenvalue weighted by Gasteiger charge is 2.38. The third-order valence-electron chi connectivity index (χ3n) is 6.62. The lowest BCUT2D eigenvalue weighted by atomic mass is 9.84. The Labute approximate surface area is 244 Å². The van der Waals surface area contributed by atoms with Crippen LogP contribution >= 0.6 is 11.8 Å².